The van der Waals surface area contributed by atoms with Crippen molar-refractivity contribution in [1.29, 1.82) is 0 Å². The number of nitrogens with two attached hydrogens (primary N) is 2. The molecule has 0 radical (unpaired) electrons. The van der Waals surface area contributed by atoms with Crippen LogP contribution in [-0.4, -0.2) is 39.6 Å². The lowest BCUT2D eigenvalue weighted by atomic mass is 9.84. The summed E-state index contributed by atoms with van der Waals surface area (Å²) in [5.41, 5.74) is 13.6. The molecule has 178 valence electrons. The molecule has 0 bridgehead atoms. The van der Waals surface area contributed by atoms with Crippen molar-refractivity contribution >= 4 is 23.4 Å². The number of hydrogen-bond acceptors (Lipinski definition) is 7. The van der Waals surface area contributed by atoms with Gasteiger partial charge in [-0.05, 0) is 51.5 Å². The van der Waals surface area contributed by atoms with E-state index in [2.05, 4.69) is 15.3 Å². The van der Waals surface area contributed by atoms with Gasteiger partial charge in [-0.1, -0.05) is 19.3 Å². The van der Waals surface area contributed by atoms with Gasteiger partial charge >= 0.3 is 0 Å². The molecule has 1 aliphatic carbocycles. The van der Waals surface area contributed by atoms with Crippen molar-refractivity contribution in [1.82, 2.24) is 14.5 Å². The highest BCUT2D eigenvalue weighted by Crippen LogP contribution is 2.33. The minimum absolute atomic E-state index is 0.00741. The van der Waals surface area contributed by atoms with E-state index in [-0.39, 0.29) is 29.1 Å². The molecule has 1 amide bonds. The van der Waals surface area contributed by atoms with E-state index in [1.54, 1.807) is 10.8 Å². The van der Waals surface area contributed by atoms with Crippen molar-refractivity contribution in [3.05, 3.63) is 39.9 Å². The number of nitrogens with zero attached hydrogens (tertiary/aromatic N) is 4. The van der Waals surface area contributed by atoms with Crippen LogP contribution in [0, 0.1) is 0 Å². The number of carbonyl (C=O) groups excluding carboxylic acids is 1. The van der Waals surface area contributed by atoms with E-state index in [1.165, 1.54) is 12.6 Å². The van der Waals surface area contributed by atoms with Crippen molar-refractivity contribution in [3.63, 3.8) is 0 Å². The fraction of sp³-hybridized carbons (Fsp3) is 0.583. The third-order valence-corrected chi connectivity index (χ3v) is 6.72. The van der Waals surface area contributed by atoms with Gasteiger partial charge in [0.25, 0.3) is 11.5 Å². The summed E-state index contributed by atoms with van der Waals surface area (Å²) in [6.07, 6.45) is 10.8. The standard InChI is InChI=1S/C24H35N7O2/c1-15(2)31-14-18(11-19(23(31)33)16-7-4-3-5-8-16)28-22-20(21(26)32)12-27-24(29-22)30-10-6-9-17(25)13-30/h11-12,14-17H,3-10,13,25H2,1-2H3,(H2,26,32)(H,27,28,29)/t17-/m0/s1. The molecule has 9 nitrogen and oxygen atoms in total. The van der Waals surface area contributed by atoms with Crippen LogP contribution >= 0.6 is 0 Å². The molecule has 0 spiro atoms. The first-order chi connectivity index (χ1) is 15.8. The molecule has 33 heavy (non-hydrogen) atoms. The summed E-state index contributed by atoms with van der Waals surface area (Å²) in [5, 5.41) is 3.28. The molecule has 5 N–H and O–H groups in total. The molecule has 3 heterocycles. The predicted molar refractivity (Wildman–Crippen MR) is 130 cm³/mol. The van der Waals surface area contributed by atoms with Crippen molar-refractivity contribution < 1.29 is 4.79 Å². The molecule has 0 unspecified atom stereocenters. The van der Waals surface area contributed by atoms with Crippen LogP contribution in [0.2, 0.25) is 0 Å². The quantitative estimate of drug-likeness (QED) is 0.612. The molecule has 1 aliphatic heterocycles. The first kappa shape index (κ1) is 23.2. The second-order valence-electron chi connectivity index (χ2n) is 9.60. The highest BCUT2D eigenvalue weighted by molar-refractivity contribution is 5.98. The molecule has 2 aliphatic rings. The maximum absolute atomic E-state index is 13.2. The minimum Gasteiger partial charge on any atom is -0.365 e. The highest BCUT2D eigenvalue weighted by Gasteiger charge is 2.23. The topological polar surface area (TPSA) is 132 Å². The number of hydrogen-bond donors (Lipinski definition) is 3. The average Bonchev–Trinajstić information content (AvgIpc) is 2.80. The van der Waals surface area contributed by atoms with Crippen molar-refractivity contribution in [2.24, 2.45) is 11.5 Å². The van der Waals surface area contributed by atoms with E-state index in [1.807, 2.05) is 24.8 Å². The van der Waals surface area contributed by atoms with Crippen LogP contribution in [0.1, 0.15) is 86.7 Å². The maximum atomic E-state index is 13.2. The molecule has 2 aromatic heterocycles. The van der Waals surface area contributed by atoms with E-state index < -0.39 is 5.91 Å². The molecule has 2 aromatic rings. The van der Waals surface area contributed by atoms with Gasteiger partial charge in [0.05, 0.1) is 5.69 Å². The summed E-state index contributed by atoms with van der Waals surface area (Å²) in [6.45, 7) is 5.46. The number of primary amides is 1. The molecule has 1 atom stereocenters. The number of pyridine rings is 1. The van der Waals surface area contributed by atoms with Crippen LogP contribution in [0.4, 0.5) is 17.5 Å². The second-order valence-corrected chi connectivity index (χ2v) is 9.60. The number of anilines is 3. The third-order valence-electron chi connectivity index (χ3n) is 6.72. The van der Waals surface area contributed by atoms with Gasteiger partial charge in [0.15, 0.2) is 0 Å². The number of piperidine rings is 1. The van der Waals surface area contributed by atoms with Crippen LogP contribution in [0.5, 0.6) is 0 Å². The first-order valence-electron chi connectivity index (χ1n) is 12.0. The summed E-state index contributed by atoms with van der Waals surface area (Å²) in [7, 11) is 0. The summed E-state index contributed by atoms with van der Waals surface area (Å²) < 4.78 is 1.75. The summed E-state index contributed by atoms with van der Waals surface area (Å²) in [5.74, 6) is 0.506. The van der Waals surface area contributed by atoms with E-state index in [0.717, 1.165) is 50.6 Å². The smallest absolute Gasteiger partial charge is 0.254 e. The lowest BCUT2D eigenvalue weighted by Crippen LogP contribution is -2.43. The maximum Gasteiger partial charge on any atom is 0.254 e. The molecule has 0 aromatic carbocycles. The Hall–Kier alpha value is -2.94. The van der Waals surface area contributed by atoms with Crippen LogP contribution in [0.15, 0.2) is 23.3 Å². The van der Waals surface area contributed by atoms with Gasteiger partial charge in [0.1, 0.15) is 11.4 Å². The van der Waals surface area contributed by atoms with Gasteiger partial charge in [-0.2, -0.15) is 4.98 Å². The van der Waals surface area contributed by atoms with Crippen molar-refractivity contribution in [2.75, 3.05) is 23.3 Å². The zero-order valence-corrected chi connectivity index (χ0v) is 19.6. The second kappa shape index (κ2) is 9.91. The van der Waals surface area contributed by atoms with Crippen LogP contribution < -0.4 is 27.2 Å². The summed E-state index contributed by atoms with van der Waals surface area (Å²) in [6, 6.07) is 2.00. The van der Waals surface area contributed by atoms with Crippen LogP contribution in [0.25, 0.3) is 0 Å². The lowest BCUT2D eigenvalue weighted by Gasteiger charge is -2.31. The van der Waals surface area contributed by atoms with E-state index in [0.29, 0.717) is 24.0 Å². The number of carbonyl (C=O) groups is 1. The Morgan fingerprint density at radius 1 is 1.18 bits per heavy atom. The van der Waals surface area contributed by atoms with Crippen molar-refractivity contribution in [3.8, 4) is 0 Å². The lowest BCUT2D eigenvalue weighted by molar-refractivity contribution is 0.100. The minimum atomic E-state index is -0.607. The van der Waals surface area contributed by atoms with E-state index in [4.69, 9.17) is 11.5 Å². The van der Waals surface area contributed by atoms with Gasteiger partial charge < -0.3 is 26.3 Å². The number of nitrogens with one attached hydrogen (secondary N) is 1. The first-order valence-corrected chi connectivity index (χ1v) is 12.0. The molecule has 9 heteroatoms. The van der Waals surface area contributed by atoms with Gasteiger partial charge in [-0.15, -0.1) is 0 Å². The van der Waals surface area contributed by atoms with Gasteiger partial charge in [0.2, 0.25) is 5.95 Å². The monoisotopic (exact) mass is 453 g/mol. The fourth-order valence-corrected chi connectivity index (χ4v) is 4.91. The number of rotatable bonds is 6. The average molecular weight is 454 g/mol. The molecule has 1 saturated heterocycles. The Kier molecular flexibility index (Phi) is 6.97. The Morgan fingerprint density at radius 3 is 2.61 bits per heavy atom. The van der Waals surface area contributed by atoms with Gasteiger partial charge in [-0.3, -0.25) is 9.59 Å². The zero-order chi connectivity index (χ0) is 23.5. The van der Waals surface area contributed by atoms with Crippen LogP contribution in [-0.2, 0) is 0 Å². The Balaban J connectivity index is 1.72. The third kappa shape index (κ3) is 5.19. The Labute approximate surface area is 194 Å². The van der Waals surface area contributed by atoms with E-state index >= 15 is 0 Å². The van der Waals surface area contributed by atoms with Gasteiger partial charge in [-0.25, -0.2) is 4.98 Å². The molecular formula is C24H35N7O2. The fourth-order valence-electron chi connectivity index (χ4n) is 4.91. The Morgan fingerprint density at radius 2 is 1.94 bits per heavy atom. The zero-order valence-electron chi connectivity index (χ0n) is 19.6. The normalized spacial score (nSPS) is 19.6. The van der Waals surface area contributed by atoms with Crippen LogP contribution in [0.3, 0.4) is 0 Å². The molecule has 4 rings (SSSR count). The molecule has 2 fully saturated rings. The number of amides is 1. The van der Waals surface area contributed by atoms with Crippen molar-refractivity contribution in [2.45, 2.75) is 76.8 Å². The predicted octanol–water partition coefficient (Wildman–Crippen LogP) is 3.04. The van der Waals surface area contributed by atoms with E-state index in [9.17, 15) is 9.59 Å². The molecule has 1 saturated carbocycles. The summed E-state index contributed by atoms with van der Waals surface area (Å²) in [4.78, 5) is 36.4. The molecular weight excluding hydrogens is 418 g/mol. The largest absolute Gasteiger partial charge is 0.365 e. The number of aromatic nitrogens is 3. The SMILES string of the molecule is CC(C)n1cc(Nc2nc(N3CCC[C@H](N)C3)ncc2C(N)=O)cc(C2CCCCC2)c1=O. The highest BCUT2D eigenvalue weighted by atomic mass is 16.1. The van der Waals surface area contributed by atoms with Gasteiger partial charge in [0, 0.05) is 43.1 Å². The summed E-state index contributed by atoms with van der Waals surface area (Å²) >= 11 is 0. The Bertz CT molecular complexity index is 1060.